The molecule has 0 bridgehead atoms. The zero-order chi connectivity index (χ0) is 15.3. The topological polar surface area (TPSA) is 29.1 Å². The lowest BCUT2D eigenvalue weighted by Gasteiger charge is -2.25. The Morgan fingerprint density at radius 2 is 1.80 bits per heavy atom. The SMILES string of the molecule is CCC(NS(=O)C(C)(C)C)c1ccccc1CC(C)C. The third kappa shape index (κ3) is 5.02. The molecule has 0 radical (unpaired) electrons. The Bertz CT molecular complexity index is 449. The quantitative estimate of drug-likeness (QED) is 0.828. The van der Waals surface area contributed by atoms with E-state index >= 15 is 0 Å². The second kappa shape index (κ2) is 7.37. The molecule has 3 heteroatoms. The lowest BCUT2D eigenvalue weighted by Crippen LogP contribution is -2.35. The molecule has 114 valence electrons. The lowest BCUT2D eigenvalue weighted by molar-refractivity contribution is 0.577. The molecule has 0 spiro atoms. The summed E-state index contributed by atoms with van der Waals surface area (Å²) in [4.78, 5) is 0. The Hall–Kier alpha value is -0.670. The van der Waals surface area contributed by atoms with E-state index in [-0.39, 0.29) is 10.8 Å². The van der Waals surface area contributed by atoms with Crippen LogP contribution in [-0.2, 0) is 17.4 Å². The van der Waals surface area contributed by atoms with Gasteiger partial charge in [-0.25, -0.2) is 8.93 Å². The predicted molar refractivity (Wildman–Crippen MR) is 89.0 cm³/mol. The molecule has 0 aromatic heterocycles. The maximum Gasteiger partial charge on any atom is 0.0975 e. The molecule has 2 unspecified atom stereocenters. The molecule has 0 fully saturated rings. The van der Waals surface area contributed by atoms with Gasteiger partial charge in [0, 0.05) is 6.04 Å². The molecule has 1 aromatic rings. The fourth-order valence-corrected chi connectivity index (χ4v) is 3.08. The fourth-order valence-electron chi connectivity index (χ4n) is 2.17. The predicted octanol–water partition coefficient (Wildman–Crippen LogP) is 4.39. The van der Waals surface area contributed by atoms with E-state index in [2.05, 4.69) is 49.8 Å². The lowest BCUT2D eigenvalue weighted by atomic mass is 9.93. The Balaban J connectivity index is 2.98. The molecule has 0 saturated carbocycles. The molecule has 0 aliphatic heterocycles. The van der Waals surface area contributed by atoms with Gasteiger partial charge in [0.25, 0.3) is 0 Å². The van der Waals surface area contributed by atoms with Crippen LogP contribution in [0.3, 0.4) is 0 Å². The maximum absolute atomic E-state index is 12.3. The van der Waals surface area contributed by atoms with Crippen molar-refractivity contribution in [2.45, 2.75) is 65.2 Å². The van der Waals surface area contributed by atoms with E-state index in [1.54, 1.807) is 0 Å². The van der Waals surface area contributed by atoms with Crippen LogP contribution in [0.4, 0.5) is 0 Å². The van der Waals surface area contributed by atoms with Crippen LogP contribution in [0.2, 0.25) is 0 Å². The Kier molecular flexibility index (Phi) is 6.41. The summed E-state index contributed by atoms with van der Waals surface area (Å²) in [5, 5.41) is 0. The van der Waals surface area contributed by atoms with Gasteiger partial charge < -0.3 is 0 Å². The molecule has 0 aliphatic carbocycles. The van der Waals surface area contributed by atoms with Gasteiger partial charge in [-0.1, -0.05) is 45.0 Å². The zero-order valence-corrected chi connectivity index (χ0v) is 14.5. The van der Waals surface area contributed by atoms with Crippen molar-refractivity contribution < 1.29 is 4.21 Å². The molecule has 0 aliphatic rings. The van der Waals surface area contributed by atoms with Crippen molar-refractivity contribution in [3.8, 4) is 0 Å². The molecule has 2 atom stereocenters. The van der Waals surface area contributed by atoms with Crippen LogP contribution in [0.15, 0.2) is 24.3 Å². The number of hydrogen-bond donors (Lipinski definition) is 1. The summed E-state index contributed by atoms with van der Waals surface area (Å²) in [7, 11) is -1.04. The van der Waals surface area contributed by atoms with E-state index in [4.69, 9.17) is 0 Å². The summed E-state index contributed by atoms with van der Waals surface area (Å²) >= 11 is 0. The second-order valence-corrected chi connectivity index (χ2v) is 8.75. The number of rotatable bonds is 6. The van der Waals surface area contributed by atoms with Crippen molar-refractivity contribution in [3.63, 3.8) is 0 Å². The minimum atomic E-state index is -1.04. The van der Waals surface area contributed by atoms with Gasteiger partial charge in [0.05, 0.1) is 15.7 Å². The molecule has 20 heavy (non-hydrogen) atoms. The van der Waals surface area contributed by atoms with Gasteiger partial charge in [0.15, 0.2) is 0 Å². The Morgan fingerprint density at radius 3 is 2.30 bits per heavy atom. The zero-order valence-electron chi connectivity index (χ0n) is 13.7. The Labute approximate surface area is 127 Å². The van der Waals surface area contributed by atoms with Crippen LogP contribution in [0.25, 0.3) is 0 Å². The first-order valence-corrected chi connectivity index (χ1v) is 8.66. The number of hydrogen-bond acceptors (Lipinski definition) is 1. The first-order valence-electron chi connectivity index (χ1n) is 7.51. The van der Waals surface area contributed by atoms with E-state index in [1.165, 1.54) is 11.1 Å². The highest BCUT2D eigenvalue weighted by atomic mass is 32.2. The van der Waals surface area contributed by atoms with Crippen molar-refractivity contribution in [2.24, 2.45) is 5.92 Å². The molecule has 2 nitrogen and oxygen atoms in total. The molecule has 1 aromatic carbocycles. The van der Waals surface area contributed by atoms with Gasteiger partial charge in [0.1, 0.15) is 0 Å². The summed E-state index contributed by atoms with van der Waals surface area (Å²) in [5.74, 6) is 0.627. The van der Waals surface area contributed by atoms with E-state index in [1.807, 2.05) is 20.8 Å². The van der Waals surface area contributed by atoms with Crippen LogP contribution >= 0.6 is 0 Å². The molecular formula is C17H29NOS. The van der Waals surface area contributed by atoms with Crippen LogP contribution in [0.1, 0.15) is 65.1 Å². The van der Waals surface area contributed by atoms with E-state index < -0.39 is 11.0 Å². The smallest absolute Gasteiger partial charge is 0.0975 e. The van der Waals surface area contributed by atoms with Gasteiger partial charge >= 0.3 is 0 Å². The first kappa shape index (κ1) is 17.4. The minimum absolute atomic E-state index is 0.157. The molecule has 1 rings (SSSR count). The molecule has 0 heterocycles. The maximum atomic E-state index is 12.3. The number of nitrogens with one attached hydrogen (secondary N) is 1. The summed E-state index contributed by atoms with van der Waals surface area (Å²) in [5.41, 5.74) is 2.66. The van der Waals surface area contributed by atoms with Crippen LogP contribution in [-0.4, -0.2) is 8.96 Å². The second-order valence-electron chi connectivity index (χ2n) is 6.76. The van der Waals surface area contributed by atoms with Crippen LogP contribution < -0.4 is 4.72 Å². The first-order chi connectivity index (χ1) is 9.25. The Morgan fingerprint density at radius 1 is 1.20 bits per heavy atom. The van der Waals surface area contributed by atoms with Crippen molar-refractivity contribution in [1.29, 1.82) is 0 Å². The van der Waals surface area contributed by atoms with Gasteiger partial charge in [-0.05, 0) is 50.7 Å². The van der Waals surface area contributed by atoms with E-state index in [0.29, 0.717) is 5.92 Å². The molecule has 0 amide bonds. The summed E-state index contributed by atoms with van der Waals surface area (Å²) in [6, 6.07) is 8.68. The van der Waals surface area contributed by atoms with Crippen molar-refractivity contribution in [1.82, 2.24) is 4.72 Å². The van der Waals surface area contributed by atoms with Gasteiger partial charge in [0.2, 0.25) is 0 Å². The number of benzene rings is 1. The van der Waals surface area contributed by atoms with Crippen LogP contribution in [0, 0.1) is 5.92 Å². The van der Waals surface area contributed by atoms with Crippen LogP contribution in [0.5, 0.6) is 0 Å². The highest BCUT2D eigenvalue weighted by Gasteiger charge is 2.23. The largest absolute Gasteiger partial charge is 0.242 e. The highest BCUT2D eigenvalue weighted by molar-refractivity contribution is 7.84. The van der Waals surface area contributed by atoms with E-state index in [9.17, 15) is 4.21 Å². The van der Waals surface area contributed by atoms with Gasteiger partial charge in [-0.3, -0.25) is 0 Å². The van der Waals surface area contributed by atoms with Crippen molar-refractivity contribution >= 4 is 11.0 Å². The van der Waals surface area contributed by atoms with Crippen molar-refractivity contribution in [3.05, 3.63) is 35.4 Å². The molecule has 1 N–H and O–H groups in total. The van der Waals surface area contributed by atoms with Gasteiger partial charge in [-0.2, -0.15) is 0 Å². The fraction of sp³-hybridized carbons (Fsp3) is 0.647. The van der Waals surface area contributed by atoms with E-state index in [0.717, 1.165) is 12.8 Å². The monoisotopic (exact) mass is 295 g/mol. The highest BCUT2D eigenvalue weighted by Crippen LogP contribution is 2.25. The summed E-state index contributed by atoms with van der Waals surface area (Å²) in [6.45, 7) is 12.6. The normalized spacial score (nSPS) is 15.3. The summed E-state index contributed by atoms with van der Waals surface area (Å²) in [6.07, 6.45) is 2.01. The molecular weight excluding hydrogens is 266 g/mol. The summed E-state index contributed by atoms with van der Waals surface area (Å²) < 4.78 is 15.4. The average Bonchev–Trinajstić information content (AvgIpc) is 2.34. The third-order valence-electron chi connectivity index (χ3n) is 3.27. The van der Waals surface area contributed by atoms with Crippen molar-refractivity contribution in [2.75, 3.05) is 0 Å². The van der Waals surface area contributed by atoms with Gasteiger partial charge in [-0.15, -0.1) is 0 Å². The minimum Gasteiger partial charge on any atom is -0.242 e. The molecule has 0 saturated heterocycles. The third-order valence-corrected chi connectivity index (χ3v) is 4.88. The average molecular weight is 295 g/mol. The standard InChI is InChI=1S/C17H29NOS/c1-7-16(18-20(19)17(4,5)6)15-11-9-8-10-14(15)12-13(2)3/h8-11,13,16,18H,7,12H2,1-6H3.